The fourth-order valence-electron chi connectivity index (χ4n) is 2.17. The number of anilines is 1. The van der Waals surface area contributed by atoms with E-state index in [0.717, 1.165) is 29.6 Å². The lowest BCUT2D eigenvalue weighted by atomic mass is 10.2. The maximum Gasteiger partial charge on any atom is 0.0945 e. The molecule has 0 spiro atoms. The molecule has 4 nitrogen and oxygen atoms in total. The van der Waals surface area contributed by atoms with Crippen LogP contribution in [-0.4, -0.2) is 43.7 Å². The van der Waals surface area contributed by atoms with E-state index in [0.29, 0.717) is 19.8 Å². The third-order valence-electron chi connectivity index (χ3n) is 3.29. The van der Waals surface area contributed by atoms with Crippen molar-refractivity contribution in [3.05, 3.63) is 28.2 Å². The van der Waals surface area contributed by atoms with Gasteiger partial charge >= 0.3 is 0 Å². The summed E-state index contributed by atoms with van der Waals surface area (Å²) < 4.78 is 12.0. The largest absolute Gasteiger partial charge is 0.389 e. The maximum atomic E-state index is 9.90. The van der Waals surface area contributed by atoms with Gasteiger partial charge in [-0.15, -0.1) is 0 Å². The molecule has 1 heterocycles. The fourth-order valence-corrected chi connectivity index (χ4v) is 2.56. The minimum absolute atomic E-state index is 0.209. The molecule has 1 saturated heterocycles. The number of halogens is 1. The molecule has 0 amide bonds. The van der Waals surface area contributed by atoms with Crippen LogP contribution < -0.4 is 5.32 Å². The lowest BCUT2D eigenvalue weighted by Gasteiger charge is -2.16. The molecule has 0 saturated carbocycles. The number of aliphatic hydroxyl groups excluding tert-OH is 1. The van der Waals surface area contributed by atoms with E-state index >= 15 is 0 Å². The smallest absolute Gasteiger partial charge is 0.0945 e. The molecule has 2 rings (SSSR count). The molecule has 5 heteroatoms. The molecule has 20 heavy (non-hydrogen) atoms. The van der Waals surface area contributed by atoms with E-state index in [1.807, 2.05) is 25.1 Å². The van der Waals surface area contributed by atoms with Crippen LogP contribution in [0.15, 0.2) is 22.7 Å². The minimum Gasteiger partial charge on any atom is -0.389 e. The van der Waals surface area contributed by atoms with E-state index in [4.69, 9.17) is 9.47 Å². The summed E-state index contributed by atoms with van der Waals surface area (Å²) in [6.07, 6.45) is 1.86. The third-order valence-corrected chi connectivity index (χ3v) is 3.98. The van der Waals surface area contributed by atoms with Crippen LogP contribution in [0.2, 0.25) is 0 Å². The van der Waals surface area contributed by atoms with Crippen LogP contribution in [0.5, 0.6) is 0 Å². The molecule has 1 aliphatic heterocycles. The van der Waals surface area contributed by atoms with Crippen molar-refractivity contribution < 1.29 is 14.6 Å². The molecule has 1 aliphatic rings. The van der Waals surface area contributed by atoms with E-state index in [1.165, 1.54) is 5.56 Å². The number of benzene rings is 1. The Balaban J connectivity index is 1.66. The van der Waals surface area contributed by atoms with Crippen molar-refractivity contribution in [3.8, 4) is 0 Å². The van der Waals surface area contributed by atoms with E-state index in [2.05, 4.69) is 21.2 Å². The first kappa shape index (κ1) is 15.8. The average Bonchev–Trinajstić information content (AvgIpc) is 2.93. The molecule has 1 aromatic carbocycles. The number of aryl methyl sites for hydroxylation is 1. The first-order chi connectivity index (χ1) is 9.65. The first-order valence-corrected chi connectivity index (χ1v) is 7.82. The van der Waals surface area contributed by atoms with E-state index < -0.39 is 6.10 Å². The summed E-state index contributed by atoms with van der Waals surface area (Å²) in [5.74, 6) is 0. The Labute approximate surface area is 128 Å². The van der Waals surface area contributed by atoms with Crippen LogP contribution >= 0.6 is 15.9 Å². The highest BCUT2D eigenvalue weighted by molar-refractivity contribution is 9.10. The summed E-state index contributed by atoms with van der Waals surface area (Å²) >= 11 is 3.49. The van der Waals surface area contributed by atoms with Gasteiger partial charge in [0.2, 0.25) is 0 Å². The third kappa shape index (κ3) is 5.05. The second kappa shape index (κ2) is 7.98. The lowest BCUT2D eigenvalue weighted by Crippen LogP contribution is -2.27. The highest BCUT2D eigenvalue weighted by Gasteiger charge is 2.16. The molecule has 112 valence electrons. The number of hydrogen-bond donors (Lipinski definition) is 2. The van der Waals surface area contributed by atoms with Crippen LogP contribution in [-0.2, 0) is 9.47 Å². The molecule has 1 aromatic rings. The Kier molecular flexibility index (Phi) is 6.29. The summed E-state index contributed by atoms with van der Waals surface area (Å²) in [7, 11) is 0. The monoisotopic (exact) mass is 343 g/mol. The Bertz CT molecular complexity index is 422. The molecule has 2 atom stereocenters. The van der Waals surface area contributed by atoms with Crippen LogP contribution in [0.1, 0.15) is 18.4 Å². The van der Waals surface area contributed by atoms with Crippen LogP contribution in [0, 0.1) is 6.92 Å². The molecular weight excluding hydrogens is 322 g/mol. The van der Waals surface area contributed by atoms with Gasteiger partial charge in [0.1, 0.15) is 0 Å². The van der Waals surface area contributed by atoms with Crippen molar-refractivity contribution in [2.24, 2.45) is 0 Å². The minimum atomic E-state index is -0.524. The van der Waals surface area contributed by atoms with Gasteiger partial charge in [-0.25, -0.2) is 0 Å². The van der Waals surface area contributed by atoms with Gasteiger partial charge in [0.15, 0.2) is 0 Å². The molecular formula is C15H22BrNO3. The topological polar surface area (TPSA) is 50.7 Å². The predicted octanol–water partition coefficient (Wildman–Crippen LogP) is 2.73. The number of nitrogens with one attached hydrogen (secondary N) is 1. The Morgan fingerprint density at radius 1 is 1.55 bits per heavy atom. The molecule has 0 aromatic heterocycles. The molecule has 0 radical (unpaired) electrons. The highest BCUT2D eigenvalue weighted by Crippen LogP contribution is 2.23. The zero-order valence-corrected chi connectivity index (χ0v) is 13.4. The summed E-state index contributed by atoms with van der Waals surface area (Å²) in [6.45, 7) is 4.24. The average molecular weight is 344 g/mol. The first-order valence-electron chi connectivity index (χ1n) is 7.02. The van der Waals surface area contributed by atoms with Crippen molar-refractivity contribution in [1.82, 2.24) is 0 Å². The van der Waals surface area contributed by atoms with Crippen LogP contribution in [0.4, 0.5) is 5.69 Å². The van der Waals surface area contributed by atoms with Crippen molar-refractivity contribution >= 4 is 21.6 Å². The molecule has 1 fully saturated rings. The fraction of sp³-hybridized carbons (Fsp3) is 0.600. The molecule has 0 aliphatic carbocycles. The lowest BCUT2D eigenvalue weighted by molar-refractivity contribution is -0.0137. The van der Waals surface area contributed by atoms with Crippen LogP contribution in [0.25, 0.3) is 0 Å². The van der Waals surface area contributed by atoms with Crippen molar-refractivity contribution in [1.29, 1.82) is 0 Å². The second-order valence-electron chi connectivity index (χ2n) is 5.19. The van der Waals surface area contributed by atoms with Crippen LogP contribution in [0.3, 0.4) is 0 Å². The molecule has 2 N–H and O–H groups in total. The molecule has 0 bridgehead atoms. The van der Waals surface area contributed by atoms with Gasteiger partial charge in [-0.3, -0.25) is 0 Å². The van der Waals surface area contributed by atoms with Gasteiger partial charge in [0.05, 0.1) is 25.4 Å². The summed E-state index contributed by atoms with van der Waals surface area (Å²) in [5, 5.41) is 13.1. The van der Waals surface area contributed by atoms with Gasteiger partial charge < -0.3 is 19.9 Å². The number of hydrogen-bond acceptors (Lipinski definition) is 4. The zero-order valence-electron chi connectivity index (χ0n) is 11.8. The second-order valence-corrected chi connectivity index (χ2v) is 6.04. The van der Waals surface area contributed by atoms with Crippen molar-refractivity contribution in [2.45, 2.75) is 32.0 Å². The van der Waals surface area contributed by atoms with Gasteiger partial charge in [-0.2, -0.15) is 0 Å². The van der Waals surface area contributed by atoms with Gasteiger partial charge in [-0.05, 0) is 53.4 Å². The number of aliphatic hydroxyl groups is 1. The normalized spacial score (nSPS) is 20.1. The van der Waals surface area contributed by atoms with Crippen molar-refractivity contribution in [3.63, 3.8) is 0 Å². The maximum absolute atomic E-state index is 9.90. The Morgan fingerprint density at radius 3 is 3.15 bits per heavy atom. The van der Waals surface area contributed by atoms with Gasteiger partial charge in [0, 0.05) is 23.3 Å². The summed E-state index contributed by atoms with van der Waals surface area (Å²) in [5.41, 5.74) is 2.17. The zero-order chi connectivity index (χ0) is 14.4. The summed E-state index contributed by atoms with van der Waals surface area (Å²) in [6, 6.07) is 6.08. The standard InChI is InChI=1S/C15H22BrNO3/c1-11-4-5-14(16)15(7-11)17-8-12(18)9-19-10-13-3-2-6-20-13/h4-5,7,12-13,17-18H,2-3,6,8-10H2,1H3. The van der Waals surface area contributed by atoms with E-state index in [1.54, 1.807) is 0 Å². The van der Waals surface area contributed by atoms with Gasteiger partial charge in [-0.1, -0.05) is 6.07 Å². The summed E-state index contributed by atoms with van der Waals surface area (Å²) in [4.78, 5) is 0. The molecule has 2 unspecified atom stereocenters. The Hall–Kier alpha value is -0.620. The number of ether oxygens (including phenoxy) is 2. The number of rotatable bonds is 7. The van der Waals surface area contributed by atoms with Crippen molar-refractivity contribution in [2.75, 3.05) is 31.7 Å². The quantitative estimate of drug-likeness (QED) is 0.799. The predicted molar refractivity (Wildman–Crippen MR) is 83.2 cm³/mol. The SMILES string of the molecule is Cc1ccc(Br)c(NCC(O)COCC2CCCO2)c1. The van der Waals surface area contributed by atoms with E-state index in [-0.39, 0.29) is 6.10 Å². The van der Waals surface area contributed by atoms with Gasteiger partial charge in [0.25, 0.3) is 0 Å². The Morgan fingerprint density at radius 2 is 2.40 bits per heavy atom. The highest BCUT2D eigenvalue weighted by atomic mass is 79.9. The van der Waals surface area contributed by atoms with E-state index in [9.17, 15) is 5.11 Å².